The fourth-order valence-corrected chi connectivity index (χ4v) is 2.30. The Hall–Kier alpha value is -3.09. The smallest absolute Gasteiger partial charge is 0.416 e. The lowest BCUT2D eigenvalue weighted by Crippen LogP contribution is -2.14. The molecule has 0 unspecified atom stereocenters. The Morgan fingerprint density at radius 2 is 1.80 bits per heavy atom. The quantitative estimate of drug-likeness (QED) is 0.726. The van der Waals surface area contributed by atoms with Crippen LogP contribution in [0.25, 0.3) is 10.9 Å². The summed E-state index contributed by atoms with van der Waals surface area (Å²) in [4.78, 5) is 16.1. The number of fused-ring (bicyclic) bond motifs is 1. The number of amides is 1. The summed E-state index contributed by atoms with van der Waals surface area (Å²) >= 11 is 0. The van der Waals surface area contributed by atoms with Gasteiger partial charge in [0.05, 0.1) is 16.8 Å². The Morgan fingerprint density at radius 1 is 1.04 bits per heavy atom. The number of nitrogens with one attached hydrogen (secondary N) is 1. The van der Waals surface area contributed by atoms with Crippen molar-refractivity contribution in [3.05, 3.63) is 71.9 Å². The molecule has 3 rings (SSSR count). The van der Waals surface area contributed by atoms with Crippen molar-refractivity contribution in [2.75, 3.05) is 5.32 Å². The van der Waals surface area contributed by atoms with E-state index in [9.17, 15) is 18.0 Å². The van der Waals surface area contributed by atoms with Gasteiger partial charge in [0.2, 0.25) is 0 Å². The van der Waals surface area contributed by atoms with Crippen LogP contribution >= 0.6 is 0 Å². The summed E-state index contributed by atoms with van der Waals surface area (Å²) in [7, 11) is 0. The van der Waals surface area contributed by atoms with Gasteiger partial charge < -0.3 is 4.74 Å². The number of benzene rings is 2. The summed E-state index contributed by atoms with van der Waals surface area (Å²) in [5, 5.41) is 3.37. The number of hydrogen-bond acceptors (Lipinski definition) is 3. The molecule has 0 radical (unpaired) electrons. The number of aromatic nitrogens is 1. The lowest BCUT2D eigenvalue weighted by atomic mass is 10.1. The number of rotatable bonds is 3. The molecule has 4 nitrogen and oxygen atoms in total. The Morgan fingerprint density at radius 3 is 2.52 bits per heavy atom. The molecule has 25 heavy (non-hydrogen) atoms. The molecule has 3 aromatic rings. The van der Waals surface area contributed by atoms with E-state index in [1.807, 2.05) is 12.1 Å². The summed E-state index contributed by atoms with van der Waals surface area (Å²) in [6, 6.07) is 13.3. The van der Waals surface area contributed by atoms with E-state index in [0.717, 1.165) is 23.0 Å². The number of pyridine rings is 1. The summed E-state index contributed by atoms with van der Waals surface area (Å²) in [5.74, 6) is 0. The van der Waals surface area contributed by atoms with Crippen molar-refractivity contribution in [2.45, 2.75) is 12.8 Å². The number of anilines is 1. The van der Waals surface area contributed by atoms with Crippen LogP contribution in [0.4, 0.5) is 23.7 Å². The second kappa shape index (κ2) is 6.80. The molecule has 1 aromatic heterocycles. The Balaban J connectivity index is 1.63. The van der Waals surface area contributed by atoms with E-state index >= 15 is 0 Å². The maximum atomic E-state index is 12.5. The van der Waals surface area contributed by atoms with E-state index in [1.165, 1.54) is 12.1 Å². The van der Waals surface area contributed by atoms with Gasteiger partial charge in [-0.3, -0.25) is 10.3 Å². The number of carbonyl (C=O) groups excluding carboxylic acids is 1. The van der Waals surface area contributed by atoms with Gasteiger partial charge in [0.25, 0.3) is 0 Å². The monoisotopic (exact) mass is 346 g/mol. The molecule has 0 saturated carbocycles. The summed E-state index contributed by atoms with van der Waals surface area (Å²) in [5.41, 5.74) is 0.984. The Kier molecular flexibility index (Phi) is 4.56. The van der Waals surface area contributed by atoms with Crippen molar-refractivity contribution >= 4 is 22.7 Å². The van der Waals surface area contributed by atoms with Crippen LogP contribution in [-0.4, -0.2) is 11.1 Å². The molecule has 1 N–H and O–H groups in total. The SMILES string of the molecule is O=C(Nc1cccc2ncccc12)OCc1ccc(C(F)(F)F)cc1. The van der Waals surface area contributed by atoms with Gasteiger partial charge in [0.1, 0.15) is 6.61 Å². The molecule has 0 spiro atoms. The second-order valence-electron chi connectivity index (χ2n) is 5.27. The molecule has 2 aromatic carbocycles. The van der Waals surface area contributed by atoms with Crippen LogP contribution in [0.2, 0.25) is 0 Å². The molecular formula is C18H13F3N2O2. The zero-order valence-corrected chi connectivity index (χ0v) is 12.9. The van der Waals surface area contributed by atoms with E-state index in [2.05, 4.69) is 10.3 Å². The Bertz CT molecular complexity index is 887. The standard InChI is InChI=1S/C18H13F3N2O2/c19-18(20,21)13-8-6-12(7-9-13)11-25-17(24)23-16-5-1-4-15-14(16)3-2-10-22-15/h1-10H,11H2,(H,23,24). The van der Waals surface area contributed by atoms with Crippen molar-refractivity contribution in [1.82, 2.24) is 4.98 Å². The zero-order chi connectivity index (χ0) is 17.9. The average molecular weight is 346 g/mol. The van der Waals surface area contributed by atoms with Crippen LogP contribution in [0.3, 0.4) is 0 Å². The van der Waals surface area contributed by atoms with Gasteiger partial charge in [-0.15, -0.1) is 0 Å². The molecule has 0 atom stereocenters. The molecule has 0 aliphatic rings. The number of nitrogens with zero attached hydrogens (tertiary/aromatic N) is 1. The first kappa shape index (κ1) is 16.8. The molecule has 0 bridgehead atoms. The van der Waals surface area contributed by atoms with Crippen molar-refractivity contribution in [1.29, 1.82) is 0 Å². The normalized spacial score (nSPS) is 11.3. The van der Waals surface area contributed by atoms with Crippen LogP contribution in [0, 0.1) is 0 Å². The second-order valence-corrected chi connectivity index (χ2v) is 5.27. The molecule has 0 aliphatic heterocycles. The van der Waals surface area contributed by atoms with Crippen LogP contribution in [0.1, 0.15) is 11.1 Å². The maximum absolute atomic E-state index is 12.5. The van der Waals surface area contributed by atoms with Crippen LogP contribution in [-0.2, 0) is 17.5 Å². The van der Waals surface area contributed by atoms with E-state index in [0.29, 0.717) is 11.3 Å². The first-order chi connectivity index (χ1) is 11.9. The van der Waals surface area contributed by atoms with Gasteiger partial charge in [-0.25, -0.2) is 4.79 Å². The predicted molar refractivity (Wildman–Crippen MR) is 87.0 cm³/mol. The van der Waals surface area contributed by atoms with Crippen molar-refractivity contribution in [3.63, 3.8) is 0 Å². The van der Waals surface area contributed by atoms with Gasteiger partial charge in [0, 0.05) is 11.6 Å². The first-order valence-corrected chi connectivity index (χ1v) is 7.37. The third-order valence-electron chi connectivity index (χ3n) is 3.53. The molecule has 0 saturated heterocycles. The number of ether oxygens (including phenoxy) is 1. The summed E-state index contributed by atoms with van der Waals surface area (Å²) in [6.07, 6.45) is -3.44. The average Bonchev–Trinajstić information content (AvgIpc) is 2.60. The summed E-state index contributed by atoms with van der Waals surface area (Å²) < 4.78 is 42.6. The first-order valence-electron chi connectivity index (χ1n) is 7.37. The number of alkyl halides is 3. The highest BCUT2D eigenvalue weighted by atomic mass is 19.4. The van der Waals surface area contributed by atoms with Gasteiger partial charge in [-0.2, -0.15) is 13.2 Å². The Labute approximate surface area is 141 Å². The topological polar surface area (TPSA) is 51.2 Å². The molecule has 7 heteroatoms. The van der Waals surface area contributed by atoms with E-state index in [-0.39, 0.29) is 6.61 Å². The van der Waals surface area contributed by atoms with Gasteiger partial charge in [0.15, 0.2) is 0 Å². The number of carbonyl (C=O) groups is 1. The molecule has 128 valence electrons. The fraction of sp³-hybridized carbons (Fsp3) is 0.111. The summed E-state index contributed by atoms with van der Waals surface area (Å²) in [6.45, 7) is -0.132. The van der Waals surface area contributed by atoms with Crippen molar-refractivity contribution in [3.8, 4) is 0 Å². The van der Waals surface area contributed by atoms with Crippen LogP contribution in [0.15, 0.2) is 60.8 Å². The molecule has 0 fully saturated rings. The minimum absolute atomic E-state index is 0.132. The molecule has 1 amide bonds. The van der Waals surface area contributed by atoms with Crippen molar-refractivity contribution < 1.29 is 22.7 Å². The van der Waals surface area contributed by atoms with Gasteiger partial charge in [-0.1, -0.05) is 18.2 Å². The van der Waals surface area contributed by atoms with Gasteiger partial charge >= 0.3 is 12.3 Å². The van der Waals surface area contributed by atoms with Crippen LogP contribution in [0.5, 0.6) is 0 Å². The van der Waals surface area contributed by atoms with Crippen LogP contribution < -0.4 is 5.32 Å². The minimum atomic E-state index is -4.39. The fourth-order valence-electron chi connectivity index (χ4n) is 2.30. The number of halogens is 3. The highest BCUT2D eigenvalue weighted by Gasteiger charge is 2.29. The molecule has 1 heterocycles. The molecular weight excluding hydrogens is 333 g/mol. The zero-order valence-electron chi connectivity index (χ0n) is 12.9. The minimum Gasteiger partial charge on any atom is -0.444 e. The third kappa shape index (κ3) is 4.06. The van der Waals surface area contributed by atoms with E-state index in [4.69, 9.17) is 4.74 Å². The maximum Gasteiger partial charge on any atom is 0.416 e. The van der Waals surface area contributed by atoms with Crippen molar-refractivity contribution in [2.24, 2.45) is 0 Å². The lowest BCUT2D eigenvalue weighted by molar-refractivity contribution is -0.137. The number of hydrogen-bond donors (Lipinski definition) is 1. The lowest BCUT2D eigenvalue weighted by Gasteiger charge is -2.10. The highest BCUT2D eigenvalue weighted by Crippen LogP contribution is 2.29. The highest BCUT2D eigenvalue weighted by molar-refractivity contribution is 5.98. The van der Waals surface area contributed by atoms with E-state index < -0.39 is 17.8 Å². The molecule has 0 aliphatic carbocycles. The third-order valence-corrected chi connectivity index (χ3v) is 3.53. The predicted octanol–water partition coefficient (Wildman–Crippen LogP) is 5.00. The largest absolute Gasteiger partial charge is 0.444 e. The van der Waals surface area contributed by atoms with E-state index in [1.54, 1.807) is 24.4 Å². The van der Waals surface area contributed by atoms with Gasteiger partial charge in [-0.05, 0) is 42.0 Å².